The number of hydrogen-bond donors (Lipinski definition) is 0. The van der Waals surface area contributed by atoms with E-state index in [2.05, 4.69) is 9.59 Å². The number of carbonyl (C=O) groups is 2. The average molecular weight is 289 g/mol. The fraction of sp³-hybridized carbons (Fsp3) is 0.600. The van der Waals surface area contributed by atoms with Crippen LogP contribution in [-0.2, 0) is 16.1 Å². The Morgan fingerprint density at radius 2 is 2.06 bits per heavy atom. The summed E-state index contributed by atoms with van der Waals surface area (Å²) in [6.45, 7) is 5.06. The SMILES string of the molecule is CC(C)N1CCN(Cc2nnsc2Cl)C(=O)C1=O. The molecule has 6 nitrogen and oxygen atoms in total. The first-order valence-corrected chi connectivity index (χ1v) is 6.72. The average Bonchev–Trinajstić information content (AvgIpc) is 2.70. The van der Waals surface area contributed by atoms with Crippen LogP contribution < -0.4 is 0 Å². The molecule has 1 aromatic heterocycles. The lowest BCUT2D eigenvalue weighted by Gasteiger charge is -2.35. The fourth-order valence-electron chi connectivity index (χ4n) is 1.81. The van der Waals surface area contributed by atoms with Crippen LogP contribution in [0.25, 0.3) is 0 Å². The van der Waals surface area contributed by atoms with Crippen LogP contribution in [-0.4, -0.2) is 50.3 Å². The largest absolute Gasteiger partial charge is 0.330 e. The number of amides is 2. The van der Waals surface area contributed by atoms with Crippen molar-refractivity contribution in [2.75, 3.05) is 13.1 Å². The molecule has 2 rings (SSSR count). The van der Waals surface area contributed by atoms with E-state index in [-0.39, 0.29) is 12.6 Å². The predicted octanol–water partition coefficient (Wildman–Crippen LogP) is 0.771. The predicted molar refractivity (Wildman–Crippen MR) is 67.2 cm³/mol. The van der Waals surface area contributed by atoms with Crippen LogP contribution in [0.4, 0.5) is 0 Å². The van der Waals surface area contributed by atoms with Crippen molar-refractivity contribution < 1.29 is 9.59 Å². The van der Waals surface area contributed by atoms with Gasteiger partial charge in [-0.3, -0.25) is 9.59 Å². The number of halogens is 1. The minimum absolute atomic E-state index is 0.0353. The minimum atomic E-state index is -0.501. The van der Waals surface area contributed by atoms with Gasteiger partial charge in [0, 0.05) is 30.7 Å². The summed E-state index contributed by atoms with van der Waals surface area (Å²) in [4.78, 5) is 26.8. The fourth-order valence-corrected chi connectivity index (χ4v) is 2.42. The highest BCUT2D eigenvalue weighted by molar-refractivity contribution is 7.10. The number of piperazine rings is 1. The van der Waals surface area contributed by atoms with Crippen LogP contribution in [0.2, 0.25) is 4.34 Å². The molecule has 1 saturated heterocycles. The zero-order valence-corrected chi connectivity index (χ0v) is 11.7. The molecule has 1 fully saturated rings. The van der Waals surface area contributed by atoms with Crippen molar-refractivity contribution in [3.05, 3.63) is 10.0 Å². The quantitative estimate of drug-likeness (QED) is 0.771. The molecule has 0 atom stereocenters. The molecular formula is C10H13ClN4O2S. The molecule has 98 valence electrons. The summed E-state index contributed by atoms with van der Waals surface area (Å²) >= 11 is 6.95. The van der Waals surface area contributed by atoms with E-state index >= 15 is 0 Å². The van der Waals surface area contributed by atoms with Gasteiger partial charge in [0.2, 0.25) is 0 Å². The van der Waals surface area contributed by atoms with Gasteiger partial charge >= 0.3 is 11.8 Å². The third kappa shape index (κ3) is 2.46. The zero-order chi connectivity index (χ0) is 13.3. The third-order valence-corrected chi connectivity index (χ3v) is 3.80. The van der Waals surface area contributed by atoms with Crippen molar-refractivity contribution >= 4 is 34.9 Å². The second kappa shape index (κ2) is 5.19. The minimum Gasteiger partial charge on any atom is -0.330 e. The molecule has 1 aromatic rings. The van der Waals surface area contributed by atoms with E-state index in [1.165, 1.54) is 4.90 Å². The van der Waals surface area contributed by atoms with Crippen LogP contribution in [0.15, 0.2) is 0 Å². The Kier molecular flexibility index (Phi) is 3.82. The molecule has 0 aliphatic carbocycles. The molecule has 1 aliphatic heterocycles. The maximum absolute atomic E-state index is 11.9. The van der Waals surface area contributed by atoms with E-state index < -0.39 is 11.8 Å². The van der Waals surface area contributed by atoms with E-state index in [1.54, 1.807) is 4.90 Å². The molecule has 2 amide bonds. The van der Waals surface area contributed by atoms with E-state index in [0.717, 1.165) is 11.5 Å². The highest BCUT2D eigenvalue weighted by atomic mass is 35.5. The molecule has 8 heteroatoms. The van der Waals surface area contributed by atoms with Crippen molar-refractivity contribution in [3.8, 4) is 0 Å². The van der Waals surface area contributed by atoms with Crippen molar-refractivity contribution in [1.29, 1.82) is 0 Å². The first kappa shape index (κ1) is 13.2. The maximum Gasteiger partial charge on any atom is 0.312 e. The smallest absolute Gasteiger partial charge is 0.312 e. The molecule has 2 heterocycles. The summed E-state index contributed by atoms with van der Waals surface area (Å²) in [5, 5.41) is 3.84. The van der Waals surface area contributed by atoms with E-state index in [0.29, 0.717) is 23.1 Å². The summed E-state index contributed by atoms with van der Waals surface area (Å²) in [5.41, 5.74) is 0.542. The Morgan fingerprint density at radius 1 is 1.33 bits per heavy atom. The Bertz CT molecular complexity index is 476. The van der Waals surface area contributed by atoms with Gasteiger partial charge in [0.05, 0.1) is 6.54 Å². The van der Waals surface area contributed by atoms with Crippen LogP contribution in [0.3, 0.4) is 0 Å². The molecule has 0 N–H and O–H groups in total. The second-order valence-electron chi connectivity index (χ2n) is 4.31. The summed E-state index contributed by atoms with van der Waals surface area (Å²) in [6.07, 6.45) is 0. The van der Waals surface area contributed by atoms with Gasteiger partial charge in [-0.2, -0.15) is 0 Å². The highest BCUT2D eigenvalue weighted by Crippen LogP contribution is 2.20. The molecular weight excluding hydrogens is 276 g/mol. The lowest BCUT2D eigenvalue weighted by Crippen LogP contribution is -2.55. The highest BCUT2D eigenvalue weighted by Gasteiger charge is 2.34. The second-order valence-corrected chi connectivity index (χ2v) is 5.67. The van der Waals surface area contributed by atoms with Gasteiger partial charge in [0.1, 0.15) is 10.0 Å². The van der Waals surface area contributed by atoms with Crippen LogP contribution in [0, 0.1) is 0 Å². The lowest BCUT2D eigenvalue weighted by molar-refractivity contribution is -0.157. The van der Waals surface area contributed by atoms with Crippen LogP contribution in [0.1, 0.15) is 19.5 Å². The molecule has 0 saturated carbocycles. The van der Waals surface area contributed by atoms with Gasteiger partial charge in [-0.15, -0.1) is 5.10 Å². The van der Waals surface area contributed by atoms with Crippen LogP contribution in [0.5, 0.6) is 0 Å². The molecule has 1 aliphatic rings. The molecule has 0 unspecified atom stereocenters. The monoisotopic (exact) mass is 288 g/mol. The first-order chi connectivity index (χ1) is 8.50. The number of rotatable bonds is 3. The Morgan fingerprint density at radius 3 is 2.61 bits per heavy atom. The van der Waals surface area contributed by atoms with Crippen LogP contribution >= 0.6 is 23.1 Å². The molecule has 0 bridgehead atoms. The summed E-state index contributed by atoms with van der Waals surface area (Å²) < 4.78 is 4.16. The van der Waals surface area contributed by atoms with Gasteiger partial charge in [0.25, 0.3) is 0 Å². The standard InChI is InChI=1S/C10H13ClN4O2S/c1-6(2)15-4-3-14(9(16)10(15)17)5-7-8(11)18-13-12-7/h6H,3-5H2,1-2H3. The summed E-state index contributed by atoms with van der Waals surface area (Å²) in [7, 11) is 0. The Labute approximate surface area is 114 Å². The van der Waals surface area contributed by atoms with Gasteiger partial charge in [-0.1, -0.05) is 16.1 Å². The Balaban J connectivity index is 2.07. The van der Waals surface area contributed by atoms with E-state index in [9.17, 15) is 9.59 Å². The number of hydrogen-bond acceptors (Lipinski definition) is 5. The maximum atomic E-state index is 11.9. The third-order valence-electron chi connectivity index (χ3n) is 2.82. The Hall–Kier alpha value is -1.21. The molecule has 0 radical (unpaired) electrons. The van der Waals surface area contributed by atoms with Crippen molar-refractivity contribution in [2.45, 2.75) is 26.4 Å². The topological polar surface area (TPSA) is 66.4 Å². The molecule has 18 heavy (non-hydrogen) atoms. The molecule has 0 spiro atoms. The number of nitrogens with zero attached hydrogens (tertiary/aromatic N) is 4. The first-order valence-electron chi connectivity index (χ1n) is 5.57. The normalized spacial score (nSPS) is 16.9. The molecule has 0 aromatic carbocycles. The number of aromatic nitrogens is 2. The van der Waals surface area contributed by atoms with Crippen molar-refractivity contribution in [2.24, 2.45) is 0 Å². The van der Waals surface area contributed by atoms with Crippen molar-refractivity contribution in [3.63, 3.8) is 0 Å². The van der Waals surface area contributed by atoms with Gasteiger partial charge in [0.15, 0.2) is 0 Å². The van der Waals surface area contributed by atoms with Gasteiger partial charge < -0.3 is 9.80 Å². The van der Waals surface area contributed by atoms with E-state index in [4.69, 9.17) is 11.6 Å². The van der Waals surface area contributed by atoms with Gasteiger partial charge in [-0.25, -0.2) is 0 Å². The van der Waals surface area contributed by atoms with Gasteiger partial charge in [-0.05, 0) is 13.8 Å². The van der Waals surface area contributed by atoms with Crippen molar-refractivity contribution in [1.82, 2.24) is 19.4 Å². The summed E-state index contributed by atoms with van der Waals surface area (Å²) in [5.74, 6) is -0.963. The lowest BCUT2D eigenvalue weighted by atomic mass is 10.2. The van der Waals surface area contributed by atoms with E-state index in [1.807, 2.05) is 13.8 Å². The summed E-state index contributed by atoms with van der Waals surface area (Å²) in [6, 6.07) is 0.0353. The number of carbonyl (C=O) groups excluding carboxylic acids is 2. The zero-order valence-electron chi connectivity index (χ0n) is 10.1.